The van der Waals surface area contributed by atoms with Gasteiger partial charge < -0.3 is 14.4 Å². The monoisotopic (exact) mass is 520 g/mol. The van der Waals surface area contributed by atoms with Gasteiger partial charge in [-0.25, -0.2) is 4.79 Å². The summed E-state index contributed by atoms with van der Waals surface area (Å²) in [5.41, 5.74) is 2.16. The number of carbonyl (C=O) groups is 1. The van der Waals surface area contributed by atoms with Gasteiger partial charge in [0.15, 0.2) is 0 Å². The molecule has 0 N–H and O–H groups in total. The zero-order valence-electron chi connectivity index (χ0n) is 18.4. The number of anilines is 1. The van der Waals surface area contributed by atoms with Crippen molar-refractivity contribution in [3.63, 3.8) is 0 Å². The maximum absolute atomic E-state index is 12.3. The molecule has 2 aliphatic heterocycles. The van der Waals surface area contributed by atoms with Crippen molar-refractivity contribution < 1.29 is 14.3 Å². The second-order valence-corrected chi connectivity index (χ2v) is 9.85. The van der Waals surface area contributed by atoms with Crippen LogP contribution in [0.25, 0.3) is 0 Å². The van der Waals surface area contributed by atoms with Crippen LogP contribution in [0.1, 0.15) is 31.7 Å². The molecule has 2 aromatic rings. The largest absolute Gasteiger partial charge is 0.494 e. The third-order valence-corrected chi connectivity index (χ3v) is 7.35. The van der Waals surface area contributed by atoms with Gasteiger partial charge in [0.2, 0.25) is 0 Å². The molecule has 1 unspecified atom stereocenters. The van der Waals surface area contributed by atoms with E-state index in [9.17, 15) is 4.79 Å². The van der Waals surface area contributed by atoms with Crippen LogP contribution < -0.4 is 9.64 Å². The van der Waals surface area contributed by atoms with E-state index in [-0.39, 0.29) is 12.2 Å². The molecule has 7 heteroatoms. The third-order valence-electron chi connectivity index (χ3n) is 6.32. The molecule has 0 saturated carbocycles. The molecule has 2 aliphatic rings. The first-order valence-electron chi connectivity index (χ1n) is 11.4. The zero-order valence-corrected chi connectivity index (χ0v) is 20.8. The summed E-state index contributed by atoms with van der Waals surface area (Å²) < 4.78 is 12.4. The number of amides is 1. The minimum absolute atomic E-state index is 0.0619. The van der Waals surface area contributed by atoms with Crippen molar-refractivity contribution >= 4 is 39.3 Å². The Morgan fingerprint density at radius 3 is 2.62 bits per heavy atom. The van der Waals surface area contributed by atoms with Crippen molar-refractivity contribution in [2.75, 3.05) is 37.7 Å². The van der Waals surface area contributed by atoms with E-state index in [0.717, 1.165) is 48.4 Å². The van der Waals surface area contributed by atoms with E-state index in [2.05, 4.69) is 33.0 Å². The fourth-order valence-corrected chi connectivity index (χ4v) is 5.05. The van der Waals surface area contributed by atoms with E-state index in [4.69, 9.17) is 21.1 Å². The fraction of sp³-hybridized carbons (Fsp3) is 0.480. The number of nitrogens with zero attached hydrogens (tertiary/aromatic N) is 2. The lowest BCUT2D eigenvalue weighted by Gasteiger charge is -2.32. The number of piperidine rings is 1. The maximum atomic E-state index is 12.3. The lowest BCUT2D eigenvalue weighted by Crippen LogP contribution is -2.36. The summed E-state index contributed by atoms with van der Waals surface area (Å²) in [6.45, 7) is 6.44. The average molecular weight is 522 g/mol. The summed E-state index contributed by atoms with van der Waals surface area (Å²) in [6, 6.07) is 13.6. The summed E-state index contributed by atoms with van der Waals surface area (Å²) in [5.74, 6) is 1.63. The number of hydrogen-bond donors (Lipinski definition) is 0. The Hall–Kier alpha value is -1.76. The highest BCUT2D eigenvalue weighted by Gasteiger charge is 2.32. The Labute approximate surface area is 203 Å². The van der Waals surface area contributed by atoms with Gasteiger partial charge >= 0.3 is 6.09 Å². The highest BCUT2D eigenvalue weighted by atomic mass is 79.9. The van der Waals surface area contributed by atoms with Gasteiger partial charge in [-0.05, 0) is 99.6 Å². The van der Waals surface area contributed by atoms with Crippen LogP contribution in [0.4, 0.5) is 10.5 Å². The normalized spacial score (nSPS) is 19.9. The molecular formula is C25H30BrClN2O3. The second-order valence-electron chi connectivity index (χ2n) is 8.56. The number of hydrogen-bond acceptors (Lipinski definition) is 4. The van der Waals surface area contributed by atoms with E-state index < -0.39 is 0 Å². The van der Waals surface area contributed by atoms with Crippen molar-refractivity contribution in [3.8, 4) is 5.75 Å². The van der Waals surface area contributed by atoms with Crippen LogP contribution in [-0.2, 0) is 11.2 Å². The van der Waals surface area contributed by atoms with E-state index >= 15 is 0 Å². The minimum atomic E-state index is -0.268. The first-order valence-corrected chi connectivity index (χ1v) is 12.6. The number of cyclic esters (lactones) is 1. The van der Waals surface area contributed by atoms with Crippen LogP contribution in [0.5, 0.6) is 5.75 Å². The minimum Gasteiger partial charge on any atom is -0.494 e. The van der Waals surface area contributed by atoms with Gasteiger partial charge in [0.05, 0.1) is 13.2 Å². The molecule has 0 aliphatic carbocycles. The van der Waals surface area contributed by atoms with Crippen LogP contribution in [0, 0.1) is 5.92 Å². The van der Waals surface area contributed by atoms with E-state index in [1.54, 1.807) is 17.0 Å². The van der Waals surface area contributed by atoms with Gasteiger partial charge in [-0.2, -0.15) is 0 Å². The molecule has 1 atom stereocenters. The second kappa shape index (κ2) is 10.9. The number of likely N-dealkylation sites (tertiary alicyclic amines) is 1. The molecule has 2 saturated heterocycles. The number of benzene rings is 2. The molecule has 1 amide bonds. The first-order chi connectivity index (χ1) is 15.5. The Morgan fingerprint density at radius 1 is 1.16 bits per heavy atom. The van der Waals surface area contributed by atoms with Crippen LogP contribution >= 0.6 is 27.5 Å². The number of rotatable bonds is 8. The Balaban J connectivity index is 1.22. The fourth-order valence-electron chi connectivity index (χ4n) is 4.52. The van der Waals surface area contributed by atoms with E-state index in [0.29, 0.717) is 24.1 Å². The average Bonchev–Trinajstić information content (AvgIpc) is 3.17. The number of ether oxygens (including phenoxy) is 2. The van der Waals surface area contributed by atoms with E-state index in [1.165, 1.54) is 18.4 Å². The summed E-state index contributed by atoms with van der Waals surface area (Å²) in [6.07, 6.45) is 3.98. The molecule has 0 radical (unpaired) electrons. The lowest BCUT2D eigenvalue weighted by atomic mass is 9.90. The van der Waals surface area contributed by atoms with Gasteiger partial charge in [-0.1, -0.05) is 27.5 Å². The Bertz CT molecular complexity index is 916. The van der Waals surface area contributed by atoms with Gasteiger partial charge in [0.1, 0.15) is 11.9 Å². The van der Waals surface area contributed by atoms with Gasteiger partial charge in [0.25, 0.3) is 0 Å². The highest BCUT2D eigenvalue weighted by Crippen LogP contribution is 2.29. The van der Waals surface area contributed by atoms with Gasteiger partial charge in [-0.3, -0.25) is 4.90 Å². The van der Waals surface area contributed by atoms with Crippen molar-refractivity contribution in [3.05, 3.63) is 57.5 Å². The van der Waals surface area contributed by atoms with E-state index in [1.807, 2.05) is 25.1 Å². The summed E-state index contributed by atoms with van der Waals surface area (Å²) in [5, 5.41) is 0.663. The maximum Gasteiger partial charge on any atom is 0.414 e. The standard InChI is InChI=1S/C25H30BrClN2O3/c1-2-31-22-7-8-24(26)19(16-22)15-18-9-12-28(13-10-18)14-11-23-17-29(25(30)32-23)21-5-3-20(27)4-6-21/h3-8,16,18,23H,2,9-15,17H2,1H3. The number of carbonyl (C=O) groups excluding carboxylic acids is 1. The summed E-state index contributed by atoms with van der Waals surface area (Å²) in [4.78, 5) is 16.5. The topological polar surface area (TPSA) is 42.0 Å². The van der Waals surface area contributed by atoms with Crippen molar-refractivity contribution in [2.45, 2.75) is 38.7 Å². The SMILES string of the molecule is CCOc1ccc(Br)c(CC2CCN(CCC3CN(c4ccc(Cl)cc4)C(=O)O3)CC2)c1. The van der Waals surface area contributed by atoms with Gasteiger partial charge in [0, 0.05) is 21.7 Å². The predicted molar refractivity (Wildman–Crippen MR) is 132 cm³/mol. The molecule has 0 aromatic heterocycles. The third kappa shape index (κ3) is 5.97. The zero-order chi connectivity index (χ0) is 22.5. The lowest BCUT2D eigenvalue weighted by molar-refractivity contribution is 0.116. The van der Waals surface area contributed by atoms with Crippen LogP contribution in [0.15, 0.2) is 46.9 Å². The molecule has 2 aromatic carbocycles. The first kappa shape index (κ1) is 23.4. The Morgan fingerprint density at radius 2 is 1.91 bits per heavy atom. The van der Waals surface area contributed by atoms with Crippen molar-refractivity contribution in [1.29, 1.82) is 0 Å². The Kier molecular flexibility index (Phi) is 7.98. The van der Waals surface area contributed by atoms with Gasteiger partial charge in [-0.15, -0.1) is 0 Å². The molecule has 0 spiro atoms. The number of halogens is 2. The van der Waals surface area contributed by atoms with Crippen molar-refractivity contribution in [1.82, 2.24) is 4.90 Å². The predicted octanol–water partition coefficient (Wildman–Crippen LogP) is 6.17. The van der Waals surface area contributed by atoms with Crippen molar-refractivity contribution in [2.24, 2.45) is 5.92 Å². The molecule has 172 valence electrons. The summed E-state index contributed by atoms with van der Waals surface area (Å²) >= 11 is 9.65. The molecule has 2 fully saturated rings. The molecule has 0 bridgehead atoms. The molecule has 5 nitrogen and oxygen atoms in total. The van der Waals surface area contributed by atoms with Crippen LogP contribution in [-0.4, -0.2) is 49.9 Å². The molecule has 4 rings (SSSR count). The summed E-state index contributed by atoms with van der Waals surface area (Å²) in [7, 11) is 0. The van der Waals surface area contributed by atoms with Crippen LogP contribution in [0.3, 0.4) is 0 Å². The highest BCUT2D eigenvalue weighted by molar-refractivity contribution is 9.10. The molecule has 32 heavy (non-hydrogen) atoms. The molecular weight excluding hydrogens is 492 g/mol. The molecule has 2 heterocycles. The smallest absolute Gasteiger partial charge is 0.414 e. The van der Waals surface area contributed by atoms with Crippen LogP contribution in [0.2, 0.25) is 5.02 Å². The quantitative estimate of drug-likeness (QED) is 0.416.